The Hall–Kier alpha value is -0.500. The number of sulfonamides is 1. The maximum Gasteiger partial charge on any atom is 0.244 e. The van der Waals surface area contributed by atoms with Gasteiger partial charge in [-0.05, 0) is 26.6 Å². The van der Waals surface area contributed by atoms with E-state index in [1.54, 1.807) is 31.8 Å². The molecule has 19 heavy (non-hydrogen) atoms. The largest absolute Gasteiger partial charge is 0.464 e. The third kappa shape index (κ3) is 4.83. The Morgan fingerprint density at radius 3 is 2.74 bits per heavy atom. The van der Waals surface area contributed by atoms with Gasteiger partial charge in [0.25, 0.3) is 0 Å². The average molecular weight is 306 g/mol. The van der Waals surface area contributed by atoms with Gasteiger partial charge in [-0.15, -0.1) is 0 Å². The third-order valence-electron chi connectivity index (χ3n) is 2.81. The second-order valence-electron chi connectivity index (χ2n) is 4.40. The van der Waals surface area contributed by atoms with E-state index in [0.29, 0.717) is 29.9 Å². The molecule has 1 unspecified atom stereocenters. The average Bonchev–Trinajstić information content (AvgIpc) is 2.71. The summed E-state index contributed by atoms with van der Waals surface area (Å²) in [5, 5.41) is 3.37. The van der Waals surface area contributed by atoms with E-state index in [1.807, 2.05) is 6.26 Å². The van der Waals surface area contributed by atoms with Gasteiger partial charge in [-0.3, -0.25) is 0 Å². The third-order valence-corrected chi connectivity index (χ3v) is 5.42. The van der Waals surface area contributed by atoms with Crippen molar-refractivity contribution in [3.63, 3.8) is 0 Å². The lowest BCUT2D eigenvalue weighted by atomic mass is 10.3. The van der Waals surface area contributed by atoms with Crippen LogP contribution in [0.15, 0.2) is 15.4 Å². The lowest BCUT2D eigenvalue weighted by Crippen LogP contribution is -2.26. The number of hydrogen-bond acceptors (Lipinski definition) is 5. The summed E-state index contributed by atoms with van der Waals surface area (Å²) in [6.07, 6.45) is 2.82. The van der Waals surface area contributed by atoms with Crippen LogP contribution in [0.4, 0.5) is 0 Å². The van der Waals surface area contributed by atoms with E-state index < -0.39 is 10.0 Å². The number of furan rings is 1. The minimum Gasteiger partial charge on any atom is -0.464 e. The zero-order valence-electron chi connectivity index (χ0n) is 11.8. The molecule has 0 saturated heterocycles. The summed E-state index contributed by atoms with van der Waals surface area (Å²) in [5.41, 5.74) is 0. The smallest absolute Gasteiger partial charge is 0.244 e. The van der Waals surface area contributed by atoms with E-state index in [2.05, 4.69) is 17.0 Å². The number of hydrogen-bond donors (Lipinski definition) is 2. The van der Waals surface area contributed by atoms with Gasteiger partial charge in [0.1, 0.15) is 16.4 Å². The summed E-state index contributed by atoms with van der Waals surface area (Å²) in [4.78, 5) is 0.231. The van der Waals surface area contributed by atoms with Crippen LogP contribution in [-0.2, 0) is 16.6 Å². The van der Waals surface area contributed by atoms with Gasteiger partial charge >= 0.3 is 0 Å². The minimum absolute atomic E-state index is 0.231. The first-order valence-electron chi connectivity index (χ1n) is 6.17. The quantitative estimate of drug-likeness (QED) is 0.765. The Bertz CT molecular complexity index is 497. The first-order chi connectivity index (χ1) is 8.90. The van der Waals surface area contributed by atoms with Crippen molar-refractivity contribution < 1.29 is 12.8 Å². The summed E-state index contributed by atoms with van der Waals surface area (Å²) >= 11 is 1.72. The van der Waals surface area contributed by atoms with Gasteiger partial charge in [-0.2, -0.15) is 11.8 Å². The number of nitrogens with one attached hydrogen (secondary N) is 2. The van der Waals surface area contributed by atoms with Crippen LogP contribution in [0.25, 0.3) is 0 Å². The number of aryl methyl sites for hydroxylation is 1. The molecule has 0 amide bonds. The van der Waals surface area contributed by atoms with Crippen molar-refractivity contribution in [1.29, 1.82) is 0 Å². The molecule has 0 aliphatic rings. The summed E-state index contributed by atoms with van der Waals surface area (Å²) in [7, 11) is -1.69. The molecule has 0 radical (unpaired) electrons. The lowest BCUT2D eigenvalue weighted by Gasteiger charge is -2.09. The second-order valence-corrected chi connectivity index (χ2v) is 7.41. The van der Waals surface area contributed by atoms with Crippen molar-refractivity contribution in [3.8, 4) is 0 Å². The van der Waals surface area contributed by atoms with Gasteiger partial charge in [0, 0.05) is 17.9 Å². The number of rotatable bonds is 8. The van der Waals surface area contributed by atoms with Crippen molar-refractivity contribution in [2.75, 3.05) is 19.8 Å². The van der Waals surface area contributed by atoms with Crippen molar-refractivity contribution in [1.82, 2.24) is 10.0 Å². The van der Waals surface area contributed by atoms with Crippen LogP contribution in [0.3, 0.4) is 0 Å². The predicted octanol–water partition coefficient (Wildman–Crippen LogP) is 1.73. The SMILES string of the molecule is CNCc1cc(S(=O)(=O)NCCC(C)SC)c(C)o1. The second kappa shape index (κ2) is 7.33. The zero-order chi connectivity index (χ0) is 14.5. The van der Waals surface area contributed by atoms with Crippen molar-refractivity contribution in [3.05, 3.63) is 17.6 Å². The molecule has 110 valence electrons. The molecule has 0 fully saturated rings. The highest BCUT2D eigenvalue weighted by atomic mass is 32.2. The van der Waals surface area contributed by atoms with Crippen LogP contribution >= 0.6 is 11.8 Å². The van der Waals surface area contributed by atoms with Gasteiger partial charge in [0.05, 0.1) is 6.54 Å². The molecule has 0 aromatic carbocycles. The normalized spacial score (nSPS) is 13.7. The van der Waals surface area contributed by atoms with Gasteiger partial charge in [-0.25, -0.2) is 13.1 Å². The number of thioether (sulfide) groups is 1. The van der Waals surface area contributed by atoms with E-state index in [-0.39, 0.29) is 4.90 Å². The Labute approximate surface area is 119 Å². The molecular formula is C12H22N2O3S2. The van der Waals surface area contributed by atoms with Crippen molar-refractivity contribution in [2.24, 2.45) is 0 Å². The van der Waals surface area contributed by atoms with Crippen molar-refractivity contribution in [2.45, 2.75) is 37.0 Å². The van der Waals surface area contributed by atoms with Gasteiger partial charge in [0.2, 0.25) is 10.0 Å². The topological polar surface area (TPSA) is 71.3 Å². The Morgan fingerprint density at radius 2 is 2.16 bits per heavy atom. The molecule has 1 aromatic heterocycles. The monoisotopic (exact) mass is 306 g/mol. The predicted molar refractivity (Wildman–Crippen MR) is 79.0 cm³/mol. The summed E-state index contributed by atoms with van der Waals surface area (Å²) < 4.78 is 32.3. The molecule has 0 bridgehead atoms. The molecule has 5 nitrogen and oxygen atoms in total. The van der Waals surface area contributed by atoms with Crippen LogP contribution < -0.4 is 10.0 Å². The van der Waals surface area contributed by atoms with Crippen LogP contribution in [0, 0.1) is 6.92 Å². The van der Waals surface area contributed by atoms with E-state index in [0.717, 1.165) is 6.42 Å². The first-order valence-corrected chi connectivity index (χ1v) is 8.94. The molecule has 1 heterocycles. The Morgan fingerprint density at radius 1 is 1.47 bits per heavy atom. The van der Waals surface area contributed by atoms with Gasteiger partial charge in [0.15, 0.2) is 0 Å². The van der Waals surface area contributed by atoms with Crippen LogP contribution in [0.5, 0.6) is 0 Å². The van der Waals surface area contributed by atoms with Gasteiger partial charge < -0.3 is 9.73 Å². The zero-order valence-corrected chi connectivity index (χ0v) is 13.5. The molecule has 0 saturated carbocycles. The van der Waals surface area contributed by atoms with E-state index in [1.165, 1.54) is 0 Å². The van der Waals surface area contributed by atoms with E-state index >= 15 is 0 Å². The summed E-state index contributed by atoms with van der Waals surface area (Å²) in [6.45, 7) is 4.70. The van der Waals surface area contributed by atoms with E-state index in [4.69, 9.17) is 4.42 Å². The molecule has 1 rings (SSSR count). The Kier molecular flexibility index (Phi) is 6.38. The molecule has 0 aliphatic heterocycles. The molecule has 1 atom stereocenters. The Balaban J connectivity index is 2.71. The van der Waals surface area contributed by atoms with Crippen LogP contribution in [-0.4, -0.2) is 33.5 Å². The highest BCUT2D eigenvalue weighted by molar-refractivity contribution is 7.99. The highest BCUT2D eigenvalue weighted by Gasteiger charge is 2.20. The van der Waals surface area contributed by atoms with Gasteiger partial charge in [-0.1, -0.05) is 6.92 Å². The summed E-state index contributed by atoms with van der Waals surface area (Å²) in [6, 6.07) is 1.58. The first kappa shape index (κ1) is 16.6. The standard InChI is InChI=1S/C12H22N2O3S2/c1-9(18-4)5-6-14-19(15,16)12-7-11(8-13-3)17-10(12)2/h7,9,13-14H,5-6,8H2,1-4H3. The fraction of sp³-hybridized carbons (Fsp3) is 0.667. The molecule has 0 spiro atoms. The van der Waals surface area contributed by atoms with Crippen LogP contribution in [0.1, 0.15) is 24.9 Å². The molecule has 0 aliphatic carbocycles. The van der Waals surface area contributed by atoms with Crippen LogP contribution in [0.2, 0.25) is 0 Å². The molecule has 2 N–H and O–H groups in total. The highest BCUT2D eigenvalue weighted by Crippen LogP contribution is 2.20. The van der Waals surface area contributed by atoms with Crippen molar-refractivity contribution >= 4 is 21.8 Å². The fourth-order valence-electron chi connectivity index (χ4n) is 1.64. The fourth-order valence-corrected chi connectivity index (χ4v) is 3.25. The maximum atomic E-state index is 12.1. The lowest BCUT2D eigenvalue weighted by molar-refractivity contribution is 0.465. The molecule has 1 aromatic rings. The minimum atomic E-state index is -3.47. The maximum absolute atomic E-state index is 12.1. The van der Waals surface area contributed by atoms with E-state index in [9.17, 15) is 8.42 Å². The molecule has 7 heteroatoms. The molecular weight excluding hydrogens is 284 g/mol. The summed E-state index contributed by atoms with van der Waals surface area (Å²) in [5.74, 6) is 1.05.